The summed E-state index contributed by atoms with van der Waals surface area (Å²) >= 11 is 0. The minimum absolute atomic E-state index is 0.0485. The number of aliphatic hydroxyl groups is 1. The summed E-state index contributed by atoms with van der Waals surface area (Å²) in [6, 6.07) is 8.28. The third-order valence-corrected chi connectivity index (χ3v) is 6.12. The molecule has 0 bridgehead atoms. The van der Waals surface area contributed by atoms with Gasteiger partial charge in [0.1, 0.15) is 0 Å². The molecule has 218 valence electrons. The molecule has 0 aliphatic rings. The third kappa shape index (κ3) is 6.35. The Hall–Kier alpha value is -3.75. The molecule has 5 nitrogen and oxygen atoms in total. The van der Waals surface area contributed by atoms with E-state index in [-0.39, 0.29) is 11.1 Å². The lowest BCUT2D eigenvalue weighted by molar-refractivity contribution is -0.605. The lowest BCUT2D eigenvalue weighted by Gasteiger charge is -2.33. The van der Waals surface area contributed by atoms with Crippen molar-refractivity contribution < 1.29 is 63.2 Å². The van der Waals surface area contributed by atoms with E-state index in [0.717, 1.165) is 36.7 Å². The number of hydrogen-bond donors (Lipinski definition) is 1. The number of nitrogens with zero attached hydrogens (tertiary/aromatic N) is 1. The zero-order valence-corrected chi connectivity index (χ0v) is 20.1. The van der Waals surface area contributed by atoms with Gasteiger partial charge in [-0.3, -0.25) is 0 Å². The van der Waals surface area contributed by atoms with Crippen molar-refractivity contribution in [2.45, 2.75) is 49.9 Å². The molecule has 15 heteroatoms. The van der Waals surface area contributed by atoms with E-state index in [9.17, 15) is 54.2 Å². The first-order chi connectivity index (χ1) is 18.5. The third-order valence-electron chi connectivity index (χ3n) is 6.12. The van der Waals surface area contributed by atoms with Gasteiger partial charge in [-0.05, 0) is 34.7 Å². The molecular formula is C25H19F10NO4. The maximum atomic E-state index is 13.3. The highest BCUT2D eigenvalue weighted by molar-refractivity contribution is 5.48. The molecule has 0 aliphatic carbocycles. The Morgan fingerprint density at radius 3 is 1.65 bits per heavy atom. The van der Waals surface area contributed by atoms with Crippen LogP contribution >= 0.6 is 0 Å². The van der Waals surface area contributed by atoms with Crippen LogP contribution < -0.4 is 14.2 Å². The molecule has 1 N–H and O–H groups in total. The molecule has 0 saturated heterocycles. The Kier molecular flexibility index (Phi) is 8.77. The summed E-state index contributed by atoms with van der Waals surface area (Å²) in [7, 11) is 0. The highest BCUT2D eigenvalue weighted by atomic mass is 19.4. The standard InChI is InChI=1S/C25H19F10NO4/c1-13(14-8-10-36(38)11-9-14)20(16-4-7-18(39-21(26)27)19(12-16)40-22(28)29)15-2-5-17(6-3-15)23(37,24(30,31)32)25(33,34)35/h2-13,20-22,37H,1H3/t13-,20+/m0/s1. The van der Waals surface area contributed by atoms with E-state index >= 15 is 0 Å². The van der Waals surface area contributed by atoms with E-state index in [2.05, 4.69) is 9.47 Å². The molecule has 1 heterocycles. The minimum Gasteiger partial charge on any atom is -0.619 e. The van der Waals surface area contributed by atoms with Crippen LogP contribution in [0.25, 0.3) is 0 Å². The van der Waals surface area contributed by atoms with Crippen LogP contribution in [-0.4, -0.2) is 30.7 Å². The predicted octanol–water partition coefficient (Wildman–Crippen LogP) is 6.77. The van der Waals surface area contributed by atoms with Gasteiger partial charge in [-0.2, -0.15) is 48.6 Å². The van der Waals surface area contributed by atoms with E-state index in [0.29, 0.717) is 22.4 Å². The predicted molar refractivity (Wildman–Crippen MR) is 118 cm³/mol. The van der Waals surface area contributed by atoms with Crippen molar-refractivity contribution in [3.8, 4) is 11.5 Å². The normalized spacial score (nSPS) is 14.3. The summed E-state index contributed by atoms with van der Waals surface area (Å²) in [6.07, 6.45) is -10.0. The van der Waals surface area contributed by atoms with Gasteiger partial charge in [0.25, 0.3) is 5.60 Å². The topological polar surface area (TPSA) is 65.6 Å². The van der Waals surface area contributed by atoms with Gasteiger partial charge in [-0.15, -0.1) is 0 Å². The number of halogens is 10. The second kappa shape index (κ2) is 11.4. The quantitative estimate of drug-likeness (QED) is 0.171. The maximum absolute atomic E-state index is 13.3. The lowest BCUT2D eigenvalue weighted by Crippen LogP contribution is -2.53. The molecule has 3 rings (SSSR count). The van der Waals surface area contributed by atoms with Crippen LogP contribution in [-0.2, 0) is 5.60 Å². The minimum atomic E-state index is -6.13. The largest absolute Gasteiger partial charge is 0.619 e. The van der Waals surface area contributed by atoms with Crippen LogP contribution in [0.5, 0.6) is 11.5 Å². The van der Waals surface area contributed by atoms with Crippen LogP contribution in [0.4, 0.5) is 43.9 Å². The van der Waals surface area contributed by atoms with Crippen molar-refractivity contribution >= 4 is 0 Å². The Morgan fingerprint density at radius 2 is 1.18 bits per heavy atom. The van der Waals surface area contributed by atoms with Gasteiger partial charge in [-0.25, -0.2) is 0 Å². The van der Waals surface area contributed by atoms with Crippen molar-refractivity contribution in [3.05, 3.63) is 94.5 Å². The number of hydrogen-bond acceptors (Lipinski definition) is 4. The molecule has 0 amide bonds. The first-order valence-electron chi connectivity index (χ1n) is 11.1. The highest BCUT2D eigenvalue weighted by Gasteiger charge is 2.71. The second-order valence-corrected chi connectivity index (χ2v) is 8.55. The molecule has 0 aliphatic heterocycles. The number of alkyl halides is 10. The van der Waals surface area contributed by atoms with Crippen molar-refractivity contribution in [2.24, 2.45) is 0 Å². The summed E-state index contributed by atoms with van der Waals surface area (Å²) in [5.74, 6) is -3.32. The van der Waals surface area contributed by atoms with E-state index < -0.39 is 60.1 Å². The van der Waals surface area contributed by atoms with Gasteiger partial charge in [0, 0.05) is 23.6 Å². The molecule has 0 saturated carbocycles. The maximum Gasteiger partial charge on any atom is 0.430 e. The summed E-state index contributed by atoms with van der Waals surface area (Å²) < 4.78 is 140. The van der Waals surface area contributed by atoms with Crippen molar-refractivity contribution in [1.29, 1.82) is 0 Å². The van der Waals surface area contributed by atoms with Gasteiger partial charge in [0.2, 0.25) is 0 Å². The number of pyridine rings is 1. The fourth-order valence-corrected chi connectivity index (χ4v) is 4.21. The summed E-state index contributed by atoms with van der Waals surface area (Å²) in [4.78, 5) is 0. The Morgan fingerprint density at radius 1 is 0.700 bits per heavy atom. The average molecular weight is 587 g/mol. The fourth-order valence-electron chi connectivity index (χ4n) is 4.21. The lowest BCUT2D eigenvalue weighted by atomic mass is 9.77. The van der Waals surface area contributed by atoms with E-state index in [1.54, 1.807) is 6.92 Å². The van der Waals surface area contributed by atoms with Crippen molar-refractivity contribution in [1.82, 2.24) is 0 Å². The van der Waals surface area contributed by atoms with Gasteiger partial charge in [0.05, 0.1) is 0 Å². The Bertz CT molecular complexity index is 1260. The SMILES string of the molecule is C[C@@H](c1cc[n+]([O-])cc1)[C@H](c1ccc(C(O)(C(F)(F)F)C(F)(F)F)cc1)c1ccc(OC(F)F)c(OC(F)F)c1. The summed E-state index contributed by atoms with van der Waals surface area (Å²) in [6.45, 7) is -5.31. The smallest absolute Gasteiger partial charge is 0.430 e. The first-order valence-corrected chi connectivity index (χ1v) is 11.1. The number of benzene rings is 2. The molecular weight excluding hydrogens is 568 g/mol. The molecule has 1 aromatic heterocycles. The zero-order chi connectivity index (χ0) is 30.0. The summed E-state index contributed by atoms with van der Waals surface area (Å²) in [5.41, 5.74) is -6.16. The number of aromatic nitrogens is 1. The fraction of sp³-hybridized carbons (Fsp3) is 0.320. The van der Waals surface area contributed by atoms with Gasteiger partial charge >= 0.3 is 25.6 Å². The van der Waals surface area contributed by atoms with Crippen LogP contribution in [0.3, 0.4) is 0 Å². The van der Waals surface area contributed by atoms with Gasteiger partial charge in [0.15, 0.2) is 23.9 Å². The first kappa shape index (κ1) is 30.8. The van der Waals surface area contributed by atoms with Gasteiger partial charge in [-0.1, -0.05) is 37.3 Å². The van der Waals surface area contributed by atoms with Crippen LogP contribution in [0.1, 0.15) is 41.0 Å². The van der Waals surface area contributed by atoms with Gasteiger partial charge < -0.3 is 19.8 Å². The summed E-state index contributed by atoms with van der Waals surface area (Å²) in [5, 5.41) is 21.2. The average Bonchev–Trinajstić information content (AvgIpc) is 2.84. The molecule has 0 radical (unpaired) electrons. The monoisotopic (exact) mass is 587 g/mol. The van der Waals surface area contributed by atoms with Crippen molar-refractivity contribution in [3.63, 3.8) is 0 Å². The second-order valence-electron chi connectivity index (χ2n) is 8.55. The Labute approximate surface area is 219 Å². The van der Waals surface area contributed by atoms with E-state index in [1.165, 1.54) is 18.2 Å². The molecule has 0 spiro atoms. The van der Waals surface area contributed by atoms with Crippen LogP contribution in [0, 0.1) is 5.21 Å². The molecule has 0 fully saturated rings. The van der Waals surface area contributed by atoms with Crippen LogP contribution in [0.15, 0.2) is 67.0 Å². The zero-order valence-electron chi connectivity index (χ0n) is 20.1. The molecule has 0 unspecified atom stereocenters. The molecule has 2 atom stereocenters. The number of rotatable bonds is 9. The van der Waals surface area contributed by atoms with Crippen molar-refractivity contribution in [2.75, 3.05) is 0 Å². The molecule has 2 aromatic carbocycles. The molecule has 40 heavy (non-hydrogen) atoms. The van der Waals surface area contributed by atoms with E-state index in [4.69, 9.17) is 0 Å². The Balaban J connectivity index is 2.18. The molecule has 3 aromatic rings. The van der Waals surface area contributed by atoms with E-state index in [1.807, 2.05) is 0 Å². The number of ether oxygens (including phenoxy) is 2. The highest BCUT2D eigenvalue weighted by Crippen LogP contribution is 2.50. The van der Waals surface area contributed by atoms with Crippen LogP contribution in [0.2, 0.25) is 0 Å².